The average Bonchev–Trinajstić information content (AvgIpc) is 2.52. The molecule has 0 fully saturated rings. The van der Waals surface area contributed by atoms with E-state index in [9.17, 15) is 5.11 Å². The molecule has 0 radical (unpaired) electrons. The SMILES string of the molecule is CCCOCC(O)Cc1nccn1C. The number of aryl methyl sites for hydroxylation is 1. The van der Waals surface area contributed by atoms with Crippen molar-refractivity contribution in [3.8, 4) is 0 Å². The summed E-state index contributed by atoms with van der Waals surface area (Å²) in [4.78, 5) is 4.13. The zero-order valence-corrected chi connectivity index (χ0v) is 8.81. The molecule has 1 aromatic heterocycles. The van der Waals surface area contributed by atoms with Crippen molar-refractivity contribution in [2.45, 2.75) is 25.9 Å². The van der Waals surface area contributed by atoms with E-state index in [0.29, 0.717) is 19.6 Å². The molecule has 0 aliphatic carbocycles. The van der Waals surface area contributed by atoms with Gasteiger partial charge in [0.1, 0.15) is 5.82 Å². The van der Waals surface area contributed by atoms with E-state index >= 15 is 0 Å². The summed E-state index contributed by atoms with van der Waals surface area (Å²) in [5.41, 5.74) is 0. The largest absolute Gasteiger partial charge is 0.390 e. The van der Waals surface area contributed by atoms with Gasteiger partial charge in [-0.3, -0.25) is 0 Å². The summed E-state index contributed by atoms with van der Waals surface area (Å²) >= 11 is 0. The van der Waals surface area contributed by atoms with E-state index in [1.54, 1.807) is 6.20 Å². The summed E-state index contributed by atoms with van der Waals surface area (Å²) in [6.07, 6.45) is 4.68. The maximum absolute atomic E-state index is 9.59. The van der Waals surface area contributed by atoms with Crippen LogP contribution in [0.3, 0.4) is 0 Å². The fraction of sp³-hybridized carbons (Fsp3) is 0.700. The van der Waals surface area contributed by atoms with Crippen LogP contribution in [-0.4, -0.2) is 34.0 Å². The topological polar surface area (TPSA) is 47.3 Å². The molecule has 0 saturated carbocycles. The van der Waals surface area contributed by atoms with Crippen molar-refractivity contribution in [3.63, 3.8) is 0 Å². The van der Waals surface area contributed by atoms with Gasteiger partial charge in [-0.05, 0) is 6.42 Å². The highest BCUT2D eigenvalue weighted by molar-refractivity contribution is 4.92. The fourth-order valence-corrected chi connectivity index (χ4v) is 1.23. The minimum Gasteiger partial charge on any atom is -0.390 e. The van der Waals surface area contributed by atoms with Crippen LogP contribution < -0.4 is 0 Å². The summed E-state index contributed by atoms with van der Waals surface area (Å²) in [7, 11) is 1.92. The van der Waals surface area contributed by atoms with Gasteiger partial charge in [0.15, 0.2) is 0 Å². The summed E-state index contributed by atoms with van der Waals surface area (Å²) < 4.78 is 7.15. The van der Waals surface area contributed by atoms with E-state index in [-0.39, 0.29) is 0 Å². The highest BCUT2D eigenvalue weighted by atomic mass is 16.5. The molecule has 0 aliphatic rings. The number of ether oxygens (including phenoxy) is 1. The molecule has 1 unspecified atom stereocenters. The van der Waals surface area contributed by atoms with E-state index in [2.05, 4.69) is 4.98 Å². The first-order valence-corrected chi connectivity index (χ1v) is 4.96. The van der Waals surface area contributed by atoms with Gasteiger partial charge in [0.05, 0.1) is 12.7 Å². The van der Waals surface area contributed by atoms with E-state index in [4.69, 9.17) is 4.74 Å². The minimum atomic E-state index is -0.456. The molecule has 4 heteroatoms. The predicted molar refractivity (Wildman–Crippen MR) is 54.0 cm³/mol. The van der Waals surface area contributed by atoms with Crippen LogP contribution in [0.25, 0.3) is 0 Å². The van der Waals surface area contributed by atoms with Crippen LogP contribution in [0, 0.1) is 0 Å². The van der Waals surface area contributed by atoms with Crippen molar-refractivity contribution in [2.75, 3.05) is 13.2 Å². The Labute approximate surface area is 84.5 Å². The number of rotatable bonds is 6. The molecular formula is C10H18N2O2. The van der Waals surface area contributed by atoms with Crippen molar-refractivity contribution in [1.29, 1.82) is 0 Å². The minimum absolute atomic E-state index is 0.390. The van der Waals surface area contributed by atoms with Gasteiger partial charge in [-0.2, -0.15) is 0 Å². The standard InChI is InChI=1S/C10H18N2O2/c1-3-6-14-8-9(13)7-10-11-4-5-12(10)2/h4-5,9,13H,3,6-8H2,1-2H3. The quantitative estimate of drug-likeness (QED) is 0.686. The van der Waals surface area contributed by atoms with Crippen LogP contribution >= 0.6 is 0 Å². The molecule has 14 heavy (non-hydrogen) atoms. The summed E-state index contributed by atoms with van der Waals surface area (Å²) in [6.45, 7) is 3.14. The van der Waals surface area contributed by atoms with Gasteiger partial charge in [0.2, 0.25) is 0 Å². The molecule has 1 N–H and O–H groups in total. The van der Waals surface area contributed by atoms with Gasteiger partial charge in [0.25, 0.3) is 0 Å². The Hall–Kier alpha value is -0.870. The maximum Gasteiger partial charge on any atom is 0.111 e. The van der Waals surface area contributed by atoms with Gasteiger partial charge in [-0.15, -0.1) is 0 Å². The number of hydrogen-bond acceptors (Lipinski definition) is 3. The number of imidazole rings is 1. The van der Waals surface area contributed by atoms with Crippen molar-refractivity contribution < 1.29 is 9.84 Å². The lowest BCUT2D eigenvalue weighted by atomic mass is 10.2. The van der Waals surface area contributed by atoms with Crippen molar-refractivity contribution in [2.24, 2.45) is 7.05 Å². The molecule has 0 aromatic carbocycles. The Morgan fingerprint density at radius 2 is 2.43 bits per heavy atom. The second-order valence-electron chi connectivity index (χ2n) is 3.39. The third-order valence-electron chi connectivity index (χ3n) is 2.00. The highest BCUT2D eigenvalue weighted by Crippen LogP contribution is 2.00. The Morgan fingerprint density at radius 1 is 1.64 bits per heavy atom. The van der Waals surface area contributed by atoms with Crippen molar-refractivity contribution in [3.05, 3.63) is 18.2 Å². The maximum atomic E-state index is 9.59. The second-order valence-corrected chi connectivity index (χ2v) is 3.39. The second kappa shape index (κ2) is 5.78. The van der Waals surface area contributed by atoms with Gasteiger partial charge >= 0.3 is 0 Å². The van der Waals surface area contributed by atoms with E-state index in [1.807, 2.05) is 24.7 Å². The first-order chi connectivity index (χ1) is 6.74. The number of aliphatic hydroxyl groups excluding tert-OH is 1. The molecule has 1 heterocycles. The molecule has 0 saturated heterocycles. The average molecular weight is 198 g/mol. The monoisotopic (exact) mass is 198 g/mol. The van der Waals surface area contributed by atoms with Gasteiger partial charge < -0.3 is 14.4 Å². The molecule has 0 amide bonds. The number of nitrogens with zero attached hydrogens (tertiary/aromatic N) is 2. The molecule has 0 aliphatic heterocycles. The molecule has 80 valence electrons. The Bertz CT molecular complexity index is 260. The summed E-state index contributed by atoms with van der Waals surface area (Å²) in [6, 6.07) is 0. The van der Waals surface area contributed by atoms with Crippen LogP contribution in [0.1, 0.15) is 19.2 Å². The molecule has 1 aromatic rings. The third kappa shape index (κ3) is 3.47. The predicted octanol–water partition coefficient (Wildman–Crippen LogP) is 0.750. The lowest BCUT2D eigenvalue weighted by Crippen LogP contribution is -2.20. The first kappa shape index (κ1) is 11.2. The van der Waals surface area contributed by atoms with Crippen LogP contribution in [0.4, 0.5) is 0 Å². The number of hydrogen-bond donors (Lipinski definition) is 1. The number of aromatic nitrogens is 2. The fourth-order valence-electron chi connectivity index (χ4n) is 1.23. The van der Waals surface area contributed by atoms with E-state index in [1.165, 1.54) is 0 Å². The van der Waals surface area contributed by atoms with Crippen LogP contribution in [0.2, 0.25) is 0 Å². The summed E-state index contributed by atoms with van der Waals surface area (Å²) in [5, 5.41) is 9.59. The zero-order chi connectivity index (χ0) is 10.4. The first-order valence-electron chi connectivity index (χ1n) is 4.96. The van der Waals surface area contributed by atoms with Gasteiger partial charge in [-0.25, -0.2) is 4.98 Å². The smallest absolute Gasteiger partial charge is 0.111 e. The number of aliphatic hydroxyl groups is 1. The van der Waals surface area contributed by atoms with Gasteiger partial charge in [0, 0.05) is 32.5 Å². The van der Waals surface area contributed by atoms with Crippen molar-refractivity contribution >= 4 is 0 Å². The molecule has 0 spiro atoms. The Balaban J connectivity index is 2.27. The van der Waals surface area contributed by atoms with Crippen LogP contribution in [0.15, 0.2) is 12.4 Å². The molecule has 4 nitrogen and oxygen atoms in total. The third-order valence-corrected chi connectivity index (χ3v) is 2.00. The molecule has 0 bridgehead atoms. The van der Waals surface area contributed by atoms with Gasteiger partial charge in [-0.1, -0.05) is 6.92 Å². The lowest BCUT2D eigenvalue weighted by Gasteiger charge is -2.10. The normalized spacial score (nSPS) is 13.1. The van der Waals surface area contributed by atoms with Crippen molar-refractivity contribution in [1.82, 2.24) is 9.55 Å². The van der Waals surface area contributed by atoms with E-state index in [0.717, 1.165) is 12.2 Å². The zero-order valence-electron chi connectivity index (χ0n) is 8.81. The molecule has 1 atom stereocenters. The molecule has 1 rings (SSSR count). The Morgan fingerprint density at radius 3 is 3.00 bits per heavy atom. The molecular weight excluding hydrogens is 180 g/mol. The highest BCUT2D eigenvalue weighted by Gasteiger charge is 2.08. The lowest BCUT2D eigenvalue weighted by molar-refractivity contribution is 0.0361. The summed E-state index contributed by atoms with van der Waals surface area (Å²) in [5.74, 6) is 0.887. The van der Waals surface area contributed by atoms with Crippen LogP contribution in [-0.2, 0) is 18.2 Å². The van der Waals surface area contributed by atoms with E-state index < -0.39 is 6.10 Å². The van der Waals surface area contributed by atoms with Crippen LogP contribution in [0.5, 0.6) is 0 Å². The Kier molecular flexibility index (Phi) is 4.62.